The zero-order chi connectivity index (χ0) is 7.84. The Labute approximate surface area is 68.7 Å². The highest BCUT2D eigenvalue weighted by Gasteiger charge is 2.51. The van der Waals surface area contributed by atoms with Crippen LogP contribution in [0.5, 0.6) is 0 Å². The lowest BCUT2D eigenvalue weighted by Gasteiger charge is -2.25. The van der Waals surface area contributed by atoms with Crippen molar-refractivity contribution in [3.63, 3.8) is 0 Å². The number of fused-ring (bicyclic) bond motifs is 1. The molecule has 2 rings (SSSR count). The Morgan fingerprint density at radius 2 is 2.36 bits per heavy atom. The van der Waals surface area contributed by atoms with Gasteiger partial charge in [-0.15, -0.1) is 0 Å². The van der Waals surface area contributed by atoms with Crippen LogP contribution in [-0.4, -0.2) is 30.6 Å². The second-order valence-corrected chi connectivity index (χ2v) is 3.96. The van der Waals surface area contributed by atoms with Crippen LogP contribution in [0.2, 0.25) is 0 Å². The van der Waals surface area contributed by atoms with E-state index in [0.29, 0.717) is 0 Å². The first-order valence-electron chi connectivity index (χ1n) is 4.81. The van der Waals surface area contributed by atoms with E-state index in [4.69, 9.17) is 5.73 Å². The van der Waals surface area contributed by atoms with Crippen LogP contribution in [0.25, 0.3) is 0 Å². The minimum atomic E-state index is 0.736. The lowest BCUT2D eigenvalue weighted by atomic mass is 10.2. The molecule has 3 atom stereocenters. The molecular formula is C9H18N2. The molecule has 0 bridgehead atoms. The summed E-state index contributed by atoms with van der Waals surface area (Å²) in [6, 6.07) is 0.736. The maximum absolute atomic E-state index is 5.73. The van der Waals surface area contributed by atoms with Crippen LogP contribution in [0.15, 0.2) is 0 Å². The highest BCUT2D eigenvalue weighted by atomic mass is 15.2. The second-order valence-electron chi connectivity index (χ2n) is 3.96. The van der Waals surface area contributed by atoms with E-state index in [9.17, 15) is 0 Å². The summed E-state index contributed by atoms with van der Waals surface area (Å²) in [6.45, 7) is 5.72. The number of nitrogens with two attached hydrogens (primary N) is 1. The van der Waals surface area contributed by atoms with Gasteiger partial charge in [-0.25, -0.2) is 0 Å². The van der Waals surface area contributed by atoms with E-state index >= 15 is 0 Å². The van der Waals surface area contributed by atoms with Crippen LogP contribution in [0.3, 0.4) is 0 Å². The fourth-order valence-electron chi connectivity index (χ4n) is 2.53. The van der Waals surface area contributed by atoms with Gasteiger partial charge < -0.3 is 5.73 Å². The van der Waals surface area contributed by atoms with Gasteiger partial charge in [0.05, 0.1) is 0 Å². The number of hydrogen-bond acceptors (Lipinski definition) is 2. The van der Waals surface area contributed by atoms with Gasteiger partial charge in [0.15, 0.2) is 0 Å². The molecule has 1 saturated carbocycles. The lowest BCUT2D eigenvalue weighted by Crippen LogP contribution is -2.39. The molecule has 2 nitrogen and oxygen atoms in total. The Balaban J connectivity index is 1.90. The van der Waals surface area contributed by atoms with Crippen LogP contribution >= 0.6 is 0 Å². The lowest BCUT2D eigenvalue weighted by molar-refractivity contribution is 0.225. The van der Waals surface area contributed by atoms with Gasteiger partial charge in [0.2, 0.25) is 0 Å². The molecule has 0 amide bonds. The second kappa shape index (κ2) is 2.76. The minimum Gasteiger partial charge on any atom is -0.329 e. The third kappa shape index (κ3) is 1.18. The fourth-order valence-corrected chi connectivity index (χ4v) is 2.53. The van der Waals surface area contributed by atoms with Gasteiger partial charge in [0.25, 0.3) is 0 Å². The van der Waals surface area contributed by atoms with E-state index in [1.807, 2.05) is 0 Å². The normalized spacial score (nSPS) is 42.5. The Morgan fingerprint density at radius 3 is 3.00 bits per heavy atom. The van der Waals surface area contributed by atoms with Gasteiger partial charge in [0, 0.05) is 19.1 Å². The van der Waals surface area contributed by atoms with E-state index in [2.05, 4.69) is 11.8 Å². The molecule has 2 fully saturated rings. The molecule has 0 aromatic heterocycles. The van der Waals surface area contributed by atoms with Gasteiger partial charge >= 0.3 is 0 Å². The van der Waals surface area contributed by atoms with Crippen molar-refractivity contribution in [3.8, 4) is 0 Å². The number of likely N-dealkylation sites (tertiary alicyclic amines) is 1. The highest BCUT2D eigenvalue weighted by Crippen LogP contribution is 2.48. The average Bonchev–Trinajstić information content (AvgIpc) is 2.65. The zero-order valence-corrected chi connectivity index (χ0v) is 7.29. The molecule has 2 aliphatic rings. The first kappa shape index (κ1) is 7.56. The standard InChI is InChI=1S/C9H18N2/c1-2-3-11-6-7-4-8(7)9(11)5-10/h7-9H,2-6,10H2,1H3. The van der Waals surface area contributed by atoms with Crippen LogP contribution < -0.4 is 5.73 Å². The molecule has 0 aromatic carbocycles. The fraction of sp³-hybridized carbons (Fsp3) is 1.00. The quantitative estimate of drug-likeness (QED) is 0.647. The summed E-state index contributed by atoms with van der Waals surface area (Å²) in [7, 11) is 0. The van der Waals surface area contributed by atoms with E-state index < -0.39 is 0 Å². The van der Waals surface area contributed by atoms with Gasteiger partial charge in [-0.1, -0.05) is 6.92 Å². The van der Waals surface area contributed by atoms with Crippen LogP contribution in [0, 0.1) is 11.8 Å². The molecule has 64 valence electrons. The summed E-state index contributed by atoms with van der Waals surface area (Å²) >= 11 is 0. The molecule has 1 heterocycles. The largest absolute Gasteiger partial charge is 0.329 e. The Morgan fingerprint density at radius 1 is 1.55 bits per heavy atom. The van der Waals surface area contributed by atoms with E-state index in [1.54, 1.807) is 0 Å². The predicted molar refractivity (Wildman–Crippen MR) is 46.3 cm³/mol. The number of piperidine rings is 1. The predicted octanol–water partition coefficient (Wildman–Crippen LogP) is 0.675. The molecule has 11 heavy (non-hydrogen) atoms. The molecule has 2 heteroatoms. The molecular weight excluding hydrogens is 136 g/mol. The van der Waals surface area contributed by atoms with E-state index in [-0.39, 0.29) is 0 Å². The van der Waals surface area contributed by atoms with Crippen molar-refractivity contribution in [2.45, 2.75) is 25.8 Å². The summed E-state index contributed by atoms with van der Waals surface area (Å²) in [4.78, 5) is 2.58. The Bertz CT molecular complexity index is 146. The van der Waals surface area contributed by atoms with Crippen LogP contribution in [-0.2, 0) is 0 Å². The Kier molecular flexibility index (Phi) is 1.90. The Hall–Kier alpha value is -0.0800. The molecule has 1 saturated heterocycles. The SMILES string of the molecule is CCCN1CC2CC2C1CN. The van der Waals surface area contributed by atoms with E-state index in [1.165, 1.54) is 25.9 Å². The summed E-state index contributed by atoms with van der Waals surface area (Å²) < 4.78 is 0. The summed E-state index contributed by atoms with van der Waals surface area (Å²) in [5, 5.41) is 0. The van der Waals surface area contributed by atoms with Crippen LogP contribution in [0.4, 0.5) is 0 Å². The summed E-state index contributed by atoms with van der Waals surface area (Å²) in [6.07, 6.45) is 2.73. The van der Waals surface area contributed by atoms with Crippen molar-refractivity contribution in [3.05, 3.63) is 0 Å². The maximum Gasteiger partial charge on any atom is 0.0249 e. The van der Waals surface area contributed by atoms with Crippen molar-refractivity contribution >= 4 is 0 Å². The average molecular weight is 154 g/mol. The van der Waals surface area contributed by atoms with Crippen molar-refractivity contribution in [2.75, 3.05) is 19.6 Å². The molecule has 3 unspecified atom stereocenters. The molecule has 1 aliphatic heterocycles. The number of nitrogens with zero attached hydrogens (tertiary/aromatic N) is 1. The van der Waals surface area contributed by atoms with Crippen molar-refractivity contribution in [1.82, 2.24) is 4.90 Å². The monoisotopic (exact) mass is 154 g/mol. The van der Waals surface area contributed by atoms with E-state index in [0.717, 1.165) is 24.4 Å². The maximum atomic E-state index is 5.73. The molecule has 0 aromatic rings. The van der Waals surface area contributed by atoms with Gasteiger partial charge in [-0.05, 0) is 31.2 Å². The molecule has 1 aliphatic carbocycles. The zero-order valence-electron chi connectivity index (χ0n) is 7.29. The molecule has 0 spiro atoms. The van der Waals surface area contributed by atoms with Gasteiger partial charge in [-0.3, -0.25) is 4.90 Å². The smallest absolute Gasteiger partial charge is 0.0249 e. The van der Waals surface area contributed by atoms with Crippen molar-refractivity contribution < 1.29 is 0 Å². The van der Waals surface area contributed by atoms with Crippen molar-refractivity contribution in [2.24, 2.45) is 17.6 Å². The van der Waals surface area contributed by atoms with Gasteiger partial charge in [0.1, 0.15) is 0 Å². The van der Waals surface area contributed by atoms with Crippen molar-refractivity contribution in [1.29, 1.82) is 0 Å². The topological polar surface area (TPSA) is 29.3 Å². The first-order valence-corrected chi connectivity index (χ1v) is 4.81. The third-order valence-electron chi connectivity index (χ3n) is 3.16. The third-order valence-corrected chi connectivity index (χ3v) is 3.16. The highest BCUT2D eigenvalue weighted by molar-refractivity contribution is 5.04. The van der Waals surface area contributed by atoms with Crippen LogP contribution in [0.1, 0.15) is 19.8 Å². The molecule has 2 N–H and O–H groups in total. The first-order chi connectivity index (χ1) is 5.36. The number of rotatable bonds is 3. The summed E-state index contributed by atoms with van der Waals surface area (Å²) in [5.41, 5.74) is 5.73. The number of hydrogen-bond donors (Lipinski definition) is 1. The summed E-state index contributed by atoms with van der Waals surface area (Å²) in [5.74, 6) is 2.00. The van der Waals surface area contributed by atoms with Gasteiger partial charge in [-0.2, -0.15) is 0 Å². The molecule has 0 radical (unpaired) electrons. The minimum absolute atomic E-state index is 0.736.